The van der Waals surface area contributed by atoms with E-state index in [1.165, 1.54) is 17.5 Å². The van der Waals surface area contributed by atoms with Crippen molar-refractivity contribution >= 4 is 11.6 Å². The van der Waals surface area contributed by atoms with Gasteiger partial charge in [-0.25, -0.2) is 0 Å². The van der Waals surface area contributed by atoms with Crippen LogP contribution in [0.15, 0.2) is 36.7 Å². The molecule has 1 aromatic heterocycles. The van der Waals surface area contributed by atoms with Gasteiger partial charge in [-0.15, -0.1) is 0 Å². The molecule has 0 fully saturated rings. The first-order chi connectivity index (χ1) is 10.3. The van der Waals surface area contributed by atoms with Gasteiger partial charge in [-0.3, -0.25) is 4.98 Å². The fourth-order valence-corrected chi connectivity index (χ4v) is 3.00. The third-order valence-electron chi connectivity index (χ3n) is 3.89. The monoisotopic (exact) mass is 302 g/mol. The van der Waals surface area contributed by atoms with Crippen LogP contribution in [0.4, 0.5) is 0 Å². The topological polar surface area (TPSA) is 34.1 Å². The van der Waals surface area contributed by atoms with Crippen LogP contribution < -0.4 is 10.1 Å². The van der Waals surface area contributed by atoms with Crippen LogP contribution in [-0.2, 0) is 13.0 Å². The summed E-state index contributed by atoms with van der Waals surface area (Å²) >= 11 is 6.09. The number of aryl methyl sites for hydroxylation is 1. The minimum atomic E-state index is 0.469. The van der Waals surface area contributed by atoms with Crippen LogP contribution in [0, 0.1) is 0 Å². The van der Waals surface area contributed by atoms with Gasteiger partial charge in [0.15, 0.2) is 0 Å². The Kier molecular flexibility index (Phi) is 4.42. The Morgan fingerprint density at radius 3 is 3.10 bits per heavy atom. The van der Waals surface area contributed by atoms with E-state index in [4.69, 9.17) is 16.3 Å². The van der Waals surface area contributed by atoms with Gasteiger partial charge in [0, 0.05) is 24.0 Å². The van der Waals surface area contributed by atoms with Crippen LogP contribution in [0.3, 0.4) is 0 Å². The quantitative estimate of drug-likeness (QED) is 0.909. The Morgan fingerprint density at radius 1 is 1.38 bits per heavy atom. The standard InChI is InChI=1S/C17H19ClN2O/c1-2-20-17-6-3-12-9-14(4-5-15(12)17)21-11-13-7-8-19-10-16(13)18/h4-5,7-10,17,20H,2-3,6,11H2,1H3. The van der Waals surface area contributed by atoms with Crippen LogP contribution in [-0.4, -0.2) is 11.5 Å². The molecule has 1 heterocycles. The lowest BCUT2D eigenvalue weighted by molar-refractivity contribution is 0.306. The summed E-state index contributed by atoms with van der Waals surface area (Å²) in [4.78, 5) is 3.98. The molecular formula is C17H19ClN2O. The summed E-state index contributed by atoms with van der Waals surface area (Å²) in [6.45, 7) is 3.62. The van der Waals surface area contributed by atoms with Crippen molar-refractivity contribution in [1.29, 1.82) is 0 Å². The maximum Gasteiger partial charge on any atom is 0.120 e. The predicted octanol–water partition coefficient (Wildman–Crippen LogP) is 3.91. The molecule has 110 valence electrons. The molecule has 1 N–H and O–H groups in total. The van der Waals surface area contributed by atoms with Crippen molar-refractivity contribution in [3.05, 3.63) is 58.4 Å². The van der Waals surface area contributed by atoms with Crippen molar-refractivity contribution in [3.8, 4) is 5.75 Å². The number of nitrogens with one attached hydrogen (secondary N) is 1. The van der Waals surface area contributed by atoms with E-state index < -0.39 is 0 Å². The van der Waals surface area contributed by atoms with Gasteiger partial charge in [0.2, 0.25) is 0 Å². The Labute approximate surface area is 130 Å². The molecule has 1 aliphatic rings. The third-order valence-corrected chi connectivity index (χ3v) is 4.23. The number of nitrogens with zero attached hydrogens (tertiary/aromatic N) is 1. The molecule has 1 atom stereocenters. The summed E-state index contributed by atoms with van der Waals surface area (Å²) in [5.41, 5.74) is 3.75. The van der Waals surface area contributed by atoms with E-state index in [-0.39, 0.29) is 0 Å². The minimum Gasteiger partial charge on any atom is -0.489 e. The van der Waals surface area contributed by atoms with Crippen molar-refractivity contribution in [1.82, 2.24) is 10.3 Å². The van der Waals surface area contributed by atoms with E-state index in [1.807, 2.05) is 12.1 Å². The zero-order valence-electron chi connectivity index (χ0n) is 12.1. The molecule has 21 heavy (non-hydrogen) atoms. The fraction of sp³-hybridized carbons (Fsp3) is 0.353. The molecule has 3 rings (SSSR count). The molecule has 1 aliphatic carbocycles. The SMILES string of the molecule is CCNC1CCc2cc(OCc3ccncc3Cl)ccc21. The van der Waals surface area contributed by atoms with Crippen molar-refractivity contribution in [2.45, 2.75) is 32.4 Å². The summed E-state index contributed by atoms with van der Waals surface area (Å²) in [5, 5.41) is 4.16. The summed E-state index contributed by atoms with van der Waals surface area (Å²) in [7, 11) is 0. The second-order valence-corrected chi connectivity index (χ2v) is 5.67. The average molecular weight is 303 g/mol. The van der Waals surface area contributed by atoms with E-state index in [2.05, 4.69) is 29.4 Å². The molecular weight excluding hydrogens is 284 g/mol. The molecule has 2 aromatic rings. The highest BCUT2D eigenvalue weighted by molar-refractivity contribution is 6.31. The van der Waals surface area contributed by atoms with E-state index >= 15 is 0 Å². The average Bonchev–Trinajstić information content (AvgIpc) is 2.89. The largest absolute Gasteiger partial charge is 0.489 e. The molecule has 0 spiro atoms. The van der Waals surface area contributed by atoms with Crippen molar-refractivity contribution in [3.63, 3.8) is 0 Å². The van der Waals surface area contributed by atoms with Gasteiger partial charge in [0.05, 0.1) is 5.02 Å². The molecule has 0 amide bonds. The first-order valence-electron chi connectivity index (χ1n) is 7.35. The van der Waals surface area contributed by atoms with E-state index in [9.17, 15) is 0 Å². The van der Waals surface area contributed by atoms with Crippen molar-refractivity contribution < 1.29 is 4.74 Å². The fourth-order valence-electron chi connectivity index (χ4n) is 2.82. The second-order valence-electron chi connectivity index (χ2n) is 5.27. The third kappa shape index (κ3) is 3.20. The summed E-state index contributed by atoms with van der Waals surface area (Å²) < 4.78 is 5.86. The number of benzene rings is 1. The molecule has 0 saturated carbocycles. The maximum absolute atomic E-state index is 6.09. The van der Waals surface area contributed by atoms with Gasteiger partial charge >= 0.3 is 0 Å². The lowest BCUT2D eigenvalue weighted by Gasteiger charge is -2.13. The number of hydrogen-bond donors (Lipinski definition) is 1. The smallest absolute Gasteiger partial charge is 0.120 e. The van der Waals surface area contributed by atoms with Crippen molar-refractivity contribution in [2.24, 2.45) is 0 Å². The number of halogens is 1. The molecule has 0 aliphatic heterocycles. The number of fused-ring (bicyclic) bond motifs is 1. The molecule has 4 heteroatoms. The molecule has 0 bridgehead atoms. The van der Waals surface area contributed by atoms with Crippen molar-refractivity contribution in [2.75, 3.05) is 6.54 Å². The number of rotatable bonds is 5. The van der Waals surface area contributed by atoms with Crippen LogP contribution in [0.25, 0.3) is 0 Å². The van der Waals surface area contributed by atoms with E-state index in [0.717, 1.165) is 24.3 Å². The molecule has 0 radical (unpaired) electrons. The van der Waals surface area contributed by atoms with Crippen LogP contribution in [0.1, 0.15) is 36.1 Å². The van der Waals surface area contributed by atoms with E-state index in [0.29, 0.717) is 17.7 Å². The minimum absolute atomic E-state index is 0.469. The molecule has 0 saturated heterocycles. The van der Waals surface area contributed by atoms with Gasteiger partial charge < -0.3 is 10.1 Å². The maximum atomic E-state index is 6.09. The molecule has 1 unspecified atom stereocenters. The lowest BCUT2D eigenvalue weighted by atomic mass is 10.1. The highest BCUT2D eigenvalue weighted by Gasteiger charge is 2.21. The summed E-state index contributed by atoms with van der Waals surface area (Å²) in [6.07, 6.45) is 5.65. The first-order valence-corrected chi connectivity index (χ1v) is 7.73. The highest BCUT2D eigenvalue weighted by atomic mass is 35.5. The van der Waals surface area contributed by atoms with Gasteiger partial charge in [-0.05, 0) is 48.7 Å². The normalized spacial score (nSPS) is 16.8. The zero-order chi connectivity index (χ0) is 14.7. The van der Waals surface area contributed by atoms with E-state index in [1.54, 1.807) is 12.4 Å². The Hall–Kier alpha value is -1.58. The number of ether oxygens (including phenoxy) is 1. The summed E-state index contributed by atoms with van der Waals surface area (Å²) in [6, 6.07) is 8.76. The molecule has 3 nitrogen and oxygen atoms in total. The lowest BCUT2D eigenvalue weighted by Crippen LogP contribution is -2.18. The highest BCUT2D eigenvalue weighted by Crippen LogP contribution is 2.33. The number of pyridine rings is 1. The first kappa shape index (κ1) is 14.4. The van der Waals surface area contributed by atoms with Crippen LogP contribution in [0.2, 0.25) is 5.02 Å². The summed E-state index contributed by atoms with van der Waals surface area (Å²) in [5.74, 6) is 0.902. The Morgan fingerprint density at radius 2 is 2.29 bits per heavy atom. The van der Waals surface area contributed by atoms with Crippen LogP contribution in [0.5, 0.6) is 5.75 Å². The van der Waals surface area contributed by atoms with Gasteiger partial charge in [0.25, 0.3) is 0 Å². The zero-order valence-corrected chi connectivity index (χ0v) is 12.9. The Bertz CT molecular complexity index is 630. The Balaban J connectivity index is 1.69. The predicted molar refractivity (Wildman–Crippen MR) is 84.8 cm³/mol. The molecule has 1 aromatic carbocycles. The van der Waals surface area contributed by atoms with Gasteiger partial charge in [0.1, 0.15) is 12.4 Å². The number of aromatic nitrogens is 1. The number of hydrogen-bond acceptors (Lipinski definition) is 3. The van der Waals surface area contributed by atoms with Crippen LogP contribution >= 0.6 is 11.6 Å². The second kappa shape index (κ2) is 6.46. The van der Waals surface area contributed by atoms with Gasteiger partial charge in [-0.2, -0.15) is 0 Å². The van der Waals surface area contributed by atoms with Gasteiger partial charge in [-0.1, -0.05) is 24.6 Å².